The van der Waals surface area contributed by atoms with E-state index in [9.17, 15) is 8.42 Å². The molecule has 0 aliphatic rings. The van der Waals surface area contributed by atoms with Crippen LogP contribution in [0, 0.1) is 0 Å². The highest BCUT2D eigenvalue weighted by Gasteiger charge is 2.09. The molecule has 2 heterocycles. The van der Waals surface area contributed by atoms with Crippen molar-refractivity contribution in [3.8, 4) is 0 Å². The summed E-state index contributed by atoms with van der Waals surface area (Å²) in [5.74, 6) is 0.0538. The van der Waals surface area contributed by atoms with Crippen molar-refractivity contribution < 1.29 is 8.42 Å². The van der Waals surface area contributed by atoms with Gasteiger partial charge in [-0.3, -0.25) is 9.67 Å². The minimum atomic E-state index is -3.29. The van der Waals surface area contributed by atoms with E-state index in [1.165, 1.54) is 6.20 Å². The molecule has 2 aromatic rings. The number of hydrogen-bond donors (Lipinski definition) is 2. The van der Waals surface area contributed by atoms with Crippen LogP contribution in [0.3, 0.4) is 0 Å². The fourth-order valence-corrected chi connectivity index (χ4v) is 2.74. The number of nitrogen functional groups attached to an aromatic ring is 1. The van der Waals surface area contributed by atoms with Crippen LogP contribution in [0.5, 0.6) is 0 Å². The fourth-order valence-electron chi connectivity index (χ4n) is 1.69. The summed E-state index contributed by atoms with van der Waals surface area (Å²) in [6.07, 6.45) is 6.95. The van der Waals surface area contributed by atoms with Crippen molar-refractivity contribution in [3.05, 3.63) is 42.5 Å². The topological polar surface area (TPSA) is 103 Å². The van der Waals surface area contributed by atoms with Gasteiger partial charge in [0.1, 0.15) is 0 Å². The highest BCUT2D eigenvalue weighted by Crippen LogP contribution is 2.00. The van der Waals surface area contributed by atoms with Crippen molar-refractivity contribution in [2.24, 2.45) is 0 Å². The van der Waals surface area contributed by atoms with E-state index in [0.717, 1.165) is 5.56 Å². The number of nitrogens with two attached hydrogens (primary N) is 1. The van der Waals surface area contributed by atoms with E-state index in [1.54, 1.807) is 23.3 Å². The molecule has 0 saturated carbocycles. The molecule has 0 aliphatic heterocycles. The molecule has 0 unspecified atom stereocenters. The van der Waals surface area contributed by atoms with Gasteiger partial charge in [0.15, 0.2) is 0 Å². The molecule has 2 rings (SSSR count). The number of rotatable bonds is 7. The normalized spacial score (nSPS) is 11.6. The first-order valence-corrected chi connectivity index (χ1v) is 7.84. The minimum absolute atomic E-state index is 0.0538. The van der Waals surface area contributed by atoms with Crippen molar-refractivity contribution in [2.75, 3.05) is 18.0 Å². The van der Waals surface area contributed by atoms with Crippen molar-refractivity contribution in [1.29, 1.82) is 0 Å². The van der Waals surface area contributed by atoms with Gasteiger partial charge in [-0.05, 0) is 24.1 Å². The van der Waals surface area contributed by atoms with Crippen LogP contribution in [-0.2, 0) is 23.0 Å². The highest BCUT2D eigenvalue weighted by atomic mass is 32.2. The van der Waals surface area contributed by atoms with Crippen molar-refractivity contribution in [1.82, 2.24) is 19.5 Å². The van der Waals surface area contributed by atoms with E-state index in [0.29, 0.717) is 25.2 Å². The first-order chi connectivity index (χ1) is 9.55. The lowest BCUT2D eigenvalue weighted by atomic mass is 10.2. The molecule has 3 N–H and O–H groups in total. The molecule has 0 fully saturated rings. The Morgan fingerprint density at radius 2 is 2.05 bits per heavy atom. The summed E-state index contributed by atoms with van der Waals surface area (Å²) in [6, 6.07) is 3.62. The van der Waals surface area contributed by atoms with Crippen molar-refractivity contribution in [2.45, 2.75) is 13.0 Å². The molecule has 2 aromatic heterocycles. The zero-order chi connectivity index (χ0) is 14.4. The van der Waals surface area contributed by atoms with Gasteiger partial charge >= 0.3 is 0 Å². The van der Waals surface area contributed by atoms with E-state index in [1.807, 2.05) is 12.1 Å². The van der Waals surface area contributed by atoms with Crippen LogP contribution in [0.2, 0.25) is 0 Å². The van der Waals surface area contributed by atoms with E-state index >= 15 is 0 Å². The molecule has 0 aromatic carbocycles. The van der Waals surface area contributed by atoms with Crippen LogP contribution in [0.4, 0.5) is 5.69 Å². The van der Waals surface area contributed by atoms with Crippen LogP contribution < -0.4 is 10.5 Å². The van der Waals surface area contributed by atoms with Crippen molar-refractivity contribution in [3.63, 3.8) is 0 Å². The molecule has 0 saturated heterocycles. The quantitative estimate of drug-likeness (QED) is 0.749. The van der Waals surface area contributed by atoms with E-state index in [-0.39, 0.29) is 5.75 Å². The Bertz CT molecular complexity index is 639. The summed E-state index contributed by atoms with van der Waals surface area (Å²) >= 11 is 0. The average Bonchev–Trinajstić information content (AvgIpc) is 2.83. The van der Waals surface area contributed by atoms with E-state index < -0.39 is 10.0 Å². The lowest BCUT2D eigenvalue weighted by molar-refractivity contribution is 0.560. The van der Waals surface area contributed by atoms with Crippen LogP contribution in [0.1, 0.15) is 5.56 Å². The predicted molar refractivity (Wildman–Crippen MR) is 76.4 cm³/mol. The Morgan fingerprint density at radius 1 is 1.30 bits per heavy atom. The number of pyridine rings is 1. The van der Waals surface area contributed by atoms with Crippen LogP contribution in [0.25, 0.3) is 0 Å². The summed E-state index contributed by atoms with van der Waals surface area (Å²) in [5, 5.41) is 3.98. The smallest absolute Gasteiger partial charge is 0.211 e. The van der Waals surface area contributed by atoms with Crippen LogP contribution in [-0.4, -0.2) is 35.5 Å². The number of nitrogens with zero attached hydrogens (tertiary/aromatic N) is 3. The molecule has 108 valence electrons. The van der Waals surface area contributed by atoms with Gasteiger partial charge in [-0.2, -0.15) is 5.10 Å². The lowest BCUT2D eigenvalue weighted by Gasteiger charge is -2.06. The summed E-state index contributed by atoms with van der Waals surface area (Å²) in [4.78, 5) is 3.89. The molecule has 0 amide bonds. The summed E-state index contributed by atoms with van der Waals surface area (Å²) in [6.45, 7) is 0.742. The van der Waals surface area contributed by atoms with Gasteiger partial charge in [0.05, 0.1) is 24.2 Å². The molecule has 0 bridgehead atoms. The largest absolute Gasteiger partial charge is 0.396 e. The van der Waals surface area contributed by atoms with Gasteiger partial charge in [0.2, 0.25) is 10.0 Å². The molecule has 7 nitrogen and oxygen atoms in total. The Hall–Kier alpha value is -1.93. The number of aryl methyl sites for hydroxylation is 1. The van der Waals surface area contributed by atoms with Gasteiger partial charge in [0, 0.05) is 25.1 Å². The van der Waals surface area contributed by atoms with E-state index in [4.69, 9.17) is 5.73 Å². The zero-order valence-corrected chi connectivity index (χ0v) is 11.8. The van der Waals surface area contributed by atoms with Gasteiger partial charge in [0.25, 0.3) is 0 Å². The van der Waals surface area contributed by atoms with Gasteiger partial charge in [-0.15, -0.1) is 0 Å². The molecular weight excluding hydrogens is 278 g/mol. The maximum atomic E-state index is 11.8. The van der Waals surface area contributed by atoms with E-state index in [2.05, 4.69) is 14.8 Å². The number of hydrogen-bond acceptors (Lipinski definition) is 5. The predicted octanol–water partition coefficient (Wildman–Crippen LogP) is 0.0224. The number of sulfonamides is 1. The standard InChI is InChI=1S/C12H17N5O2S/c13-12-9-15-17(10-12)7-6-16-20(18,19)8-3-11-1-4-14-5-2-11/h1-2,4-5,9-10,16H,3,6-8,13H2. The summed E-state index contributed by atoms with van der Waals surface area (Å²) in [7, 11) is -3.29. The molecule has 0 spiro atoms. The second kappa shape index (κ2) is 6.49. The number of nitrogens with one attached hydrogen (secondary N) is 1. The molecule has 0 radical (unpaired) electrons. The third-order valence-electron chi connectivity index (χ3n) is 2.72. The summed E-state index contributed by atoms with van der Waals surface area (Å²) < 4.78 is 27.8. The monoisotopic (exact) mass is 295 g/mol. The second-order valence-corrected chi connectivity index (χ2v) is 6.28. The minimum Gasteiger partial charge on any atom is -0.396 e. The molecule has 0 aliphatic carbocycles. The summed E-state index contributed by atoms with van der Waals surface area (Å²) in [5.41, 5.74) is 7.03. The molecule has 8 heteroatoms. The zero-order valence-electron chi connectivity index (χ0n) is 10.9. The van der Waals surface area contributed by atoms with Crippen LogP contribution in [0.15, 0.2) is 36.9 Å². The first kappa shape index (κ1) is 14.5. The van der Waals surface area contributed by atoms with Gasteiger partial charge in [-0.25, -0.2) is 13.1 Å². The second-order valence-electron chi connectivity index (χ2n) is 4.36. The maximum Gasteiger partial charge on any atom is 0.211 e. The van der Waals surface area contributed by atoms with Crippen molar-refractivity contribution >= 4 is 15.7 Å². The van der Waals surface area contributed by atoms with Crippen LogP contribution >= 0.6 is 0 Å². The molecule has 20 heavy (non-hydrogen) atoms. The first-order valence-electron chi connectivity index (χ1n) is 6.19. The Labute approximate surface area is 117 Å². The Morgan fingerprint density at radius 3 is 2.70 bits per heavy atom. The lowest BCUT2D eigenvalue weighted by Crippen LogP contribution is -2.30. The van der Waals surface area contributed by atoms with Gasteiger partial charge in [-0.1, -0.05) is 0 Å². The Kier molecular flexibility index (Phi) is 4.70. The average molecular weight is 295 g/mol. The van der Waals surface area contributed by atoms with Gasteiger partial charge < -0.3 is 5.73 Å². The molecular formula is C12H17N5O2S. The Balaban J connectivity index is 1.76. The number of anilines is 1. The molecule has 0 atom stereocenters. The third kappa shape index (κ3) is 4.63. The number of aromatic nitrogens is 3. The highest BCUT2D eigenvalue weighted by molar-refractivity contribution is 7.89. The fraction of sp³-hybridized carbons (Fsp3) is 0.333. The SMILES string of the molecule is Nc1cnn(CCNS(=O)(=O)CCc2ccncc2)c1. The maximum absolute atomic E-state index is 11.8. The third-order valence-corrected chi connectivity index (χ3v) is 4.11.